The maximum Gasteiger partial charge on any atom is 0.271 e. The van der Waals surface area contributed by atoms with E-state index < -0.39 is 0 Å². The van der Waals surface area contributed by atoms with Gasteiger partial charge in [-0.3, -0.25) is 4.79 Å². The lowest BCUT2D eigenvalue weighted by molar-refractivity contribution is 0.0947. The summed E-state index contributed by atoms with van der Waals surface area (Å²) in [7, 11) is 3.78. The molecular formula is C22H23N5OS. The molecule has 4 rings (SSSR count). The topological polar surface area (TPSA) is 61.4 Å². The lowest BCUT2D eigenvalue weighted by atomic mass is 10.2. The summed E-state index contributed by atoms with van der Waals surface area (Å²) in [4.78, 5) is 19.0. The Morgan fingerprint density at radius 3 is 2.21 bits per heavy atom. The van der Waals surface area contributed by atoms with Crippen molar-refractivity contribution in [2.24, 2.45) is 0 Å². The first-order valence-corrected chi connectivity index (χ1v) is 10.4. The molecule has 1 aliphatic heterocycles. The van der Waals surface area contributed by atoms with Gasteiger partial charge in [-0.1, -0.05) is 36.0 Å². The van der Waals surface area contributed by atoms with Crippen LogP contribution in [-0.2, 0) is 0 Å². The largest absolute Gasteiger partial charge is 0.361 e. The molecule has 0 saturated heterocycles. The van der Waals surface area contributed by atoms with Crippen LogP contribution in [0.1, 0.15) is 16.9 Å². The fourth-order valence-corrected chi connectivity index (χ4v) is 4.33. The van der Waals surface area contributed by atoms with E-state index in [1.807, 2.05) is 19.0 Å². The van der Waals surface area contributed by atoms with E-state index in [4.69, 9.17) is 0 Å². The zero-order valence-corrected chi connectivity index (χ0v) is 17.3. The van der Waals surface area contributed by atoms with E-state index in [0.717, 1.165) is 18.8 Å². The van der Waals surface area contributed by atoms with Crippen LogP contribution < -0.4 is 15.1 Å². The lowest BCUT2D eigenvalue weighted by Gasteiger charge is -2.32. The molecule has 0 spiro atoms. The molecule has 2 heterocycles. The first-order chi connectivity index (χ1) is 14.1. The van der Waals surface area contributed by atoms with Crippen molar-refractivity contribution < 1.29 is 4.79 Å². The lowest BCUT2D eigenvalue weighted by Crippen LogP contribution is -2.29. The van der Waals surface area contributed by atoms with Gasteiger partial charge in [-0.25, -0.2) is 0 Å². The molecule has 0 bridgehead atoms. The Labute approximate surface area is 174 Å². The predicted molar refractivity (Wildman–Crippen MR) is 117 cm³/mol. The summed E-state index contributed by atoms with van der Waals surface area (Å²) in [6.07, 6.45) is 0.822. The number of rotatable bonds is 6. The number of anilines is 3. The molecule has 0 aliphatic carbocycles. The van der Waals surface area contributed by atoms with E-state index >= 15 is 0 Å². The molecule has 7 heteroatoms. The van der Waals surface area contributed by atoms with Crippen LogP contribution in [0.5, 0.6) is 0 Å². The molecule has 29 heavy (non-hydrogen) atoms. The quantitative estimate of drug-likeness (QED) is 0.626. The van der Waals surface area contributed by atoms with E-state index in [1.165, 1.54) is 21.2 Å². The smallest absolute Gasteiger partial charge is 0.271 e. The van der Waals surface area contributed by atoms with Gasteiger partial charge in [-0.15, -0.1) is 10.2 Å². The van der Waals surface area contributed by atoms with Crippen molar-refractivity contribution in [3.63, 3.8) is 0 Å². The maximum atomic E-state index is 12.3. The third-order valence-electron chi connectivity index (χ3n) is 4.72. The van der Waals surface area contributed by atoms with Crippen molar-refractivity contribution in [2.75, 3.05) is 37.0 Å². The zero-order valence-electron chi connectivity index (χ0n) is 16.5. The third-order valence-corrected chi connectivity index (χ3v) is 5.85. The molecule has 1 aliphatic rings. The van der Waals surface area contributed by atoms with E-state index in [2.05, 4.69) is 68.9 Å². The minimum absolute atomic E-state index is 0.196. The first-order valence-electron chi connectivity index (χ1n) is 9.56. The Balaban J connectivity index is 1.38. The second kappa shape index (κ2) is 8.53. The summed E-state index contributed by atoms with van der Waals surface area (Å²) in [5.74, 6) is 0.527. The number of hydrogen-bond donors (Lipinski definition) is 1. The van der Waals surface area contributed by atoms with Gasteiger partial charge in [-0.05, 0) is 42.8 Å². The van der Waals surface area contributed by atoms with Crippen LogP contribution in [0.2, 0.25) is 0 Å². The van der Waals surface area contributed by atoms with Gasteiger partial charge in [0.15, 0.2) is 11.5 Å². The number of aromatic nitrogens is 2. The first kappa shape index (κ1) is 19.3. The SMILES string of the molecule is CN(C)c1ccc(C(=O)NCCCN2c3ccccc3Sc3ccccc32)nn1. The summed E-state index contributed by atoms with van der Waals surface area (Å²) in [5.41, 5.74) is 2.76. The normalized spacial score (nSPS) is 12.1. The van der Waals surface area contributed by atoms with Gasteiger partial charge in [0.1, 0.15) is 0 Å². The molecule has 0 atom stereocenters. The summed E-state index contributed by atoms with van der Waals surface area (Å²) in [5, 5.41) is 11.0. The van der Waals surface area contributed by atoms with Crippen LogP contribution in [-0.4, -0.2) is 43.3 Å². The average Bonchev–Trinajstić information content (AvgIpc) is 2.75. The minimum Gasteiger partial charge on any atom is -0.361 e. The van der Waals surface area contributed by atoms with Crippen LogP contribution in [0.4, 0.5) is 17.2 Å². The molecule has 0 saturated carbocycles. The van der Waals surface area contributed by atoms with Crippen LogP contribution in [0, 0.1) is 0 Å². The molecule has 0 unspecified atom stereocenters. The van der Waals surface area contributed by atoms with Crippen molar-refractivity contribution in [1.29, 1.82) is 0 Å². The van der Waals surface area contributed by atoms with Crippen LogP contribution >= 0.6 is 11.8 Å². The fraction of sp³-hybridized carbons (Fsp3) is 0.227. The highest BCUT2D eigenvalue weighted by atomic mass is 32.2. The van der Waals surface area contributed by atoms with Gasteiger partial charge in [0.25, 0.3) is 5.91 Å². The summed E-state index contributed by atoms with van der Waals surface area (Å²) in [6.45, 7) is 1.39. The number of carbonyl (C=O) groups is 1. The molecule has 6 nitrogen and oxygen atoms in total. The molecule has 1 aromatic heterocycles. The molecule has 0 fully saturated rings. The van der Waals surface area contributed by atoms with Crippen molar-refractivity contribution in [3.8, 4) is 0 Å². The Bertz CT molecular complexity index is 961. The van der Waals surface area contributed by atoms with Gasteiger partial charge in [-0.2, -0.15) is 0 Å². The monoisotopic (exact) mass is 405 g/mol. The standard InChI is InChI=1S/C22H23N5OS/c1-26(2)21-13-12-16(24-25-21)22(28)23-14-7-15-27-17-8-3-5-10-19(17)29-20-11-6-4-9-18(20)27/h3-6,8-13H,7,14-15H2,1-2H3,(H,23,28). The molecule has 0 radical (unpaired) electrons. The van der Waals surface area contributed by atoms with E-state index in [-0.39, 0.29) is 5.91 Å². The number of para-hydroxylation sites is 2. The number of fused-ring (bicyclic) bond motifs is 2. The molecule has 148 valence electrons. The highest BCUT2D eigenvalue weighted by Crippen LogP contribution is 2.47. The molecule has 1 amide bonds. The van der Waals surface area contributed by atoms with Crippen LogP contribution in [0.25, 0.3) is 0 Å². The van der Waals surface area contributed by atoms with Gasteiger partial charge in [0.2, 0.25) is 0 Å². The predicted octanol–water partition coefficient (Wildman–Crippen LogP) is 3.97. The van der Waals surface area contributed by atoms with Crippen molar-refractivity contribution >= 4 is 34.9 Å². The van der Waals surface area contributed by atoms with E-state index in [9.17, 15) is 4.79 Å². The summed E-state index contributed by atoms with van der Waals surface area (Å²) in [6, 6.07) is 20.4. The minimum atomic E-state index is -0.196. The molecule has 1 N–H and O–H groups in total. The van der Waals surface area contributed by atoms with Crippen LogP contribution in [0.3, 0.4) is 0 Å². The number of carbonyl (C=O) groups excluding carboxylic acids is 1. The Morgan fingerprint density at radius 2 is 1.62 bits per heavy atom. The second-order valence-electron chi connectivity index (χ2n) is 6.97. The van der Waals surface area contributed by atoms with Gasteiger partial charge in [0.05, 0.1) is 11.4 Å². The Morgan fingerprint density at radius 1 is 0.966 bits per heavy atom. The van der Waals surface area contributed by atoms with Gasteiger partial charge in [0, 0.05) is 37.0 Å². The highest BCUT2D eigenvalue weighted by molar-refractivity contribution is 7.99. The van der Waals surface area contributed by atoms with Gasteiger partial charge >= 0.3 is 0 Å². The summed E-state index contributed by atoms with van der Waals surface area (Å²) < 4.78 is 0. The van der Waals surface area contributed by atoms with Gasteiger partial charge < -0.3 is 15.1 Å². The van der Waals surface area contributed by atoms with Crippen LogP contribution in [0.15, 0.2) is 70.5 Å². The number of benzene rings is 2. The van der Waals surface area contributed by atoms with Crippen molar-refractivity contribution in [3.05, 3.63) is 66.4 Å². The molecule has 2 aromatic carbocycles. The Kier molecular flexibility index (Phi) is 5.67. The summed E-state index contributed by atoms with van der Waals surface area (Å²) >= 11 is 1.80. The third kappa shape index (κ3) is 4.19. The van der Waals surface area contributed by atoms with Crippen molar-refractivity contribution in [1.82, 2.24) is 15.5 Å². The van der Waals surface area contributed by atoms with E-state index in [1.54, 1.807) is 23.9 Å². The number of hydrogen-bond acceptors (Lipinski definition) is 6. The van der Waals surface area contributed by atoms with E-state index in [0.29, 0.717) is 12.2 Å². The van der Waals surface area contributed by atoms with Crippen molar-refractivity contribution in [2.45, 2.75) is 16.2 Å². The second-order valence-corrected chi connectivity index (χ2v) is 8.05. The molecule has 3 aromatic rings. The number of nitrogens with zero attached hydrogens (tertiary/aromatic N) is 4. The zero-order chi connectivity index (χ0) is 20.2. The highest BCUT2D eigenvalue weighted by Gasteiger charge is 2.22. The Hall–Kier alpha value is -3.06. The fourth-order valence-electron chi connectivity index (χ4n) is 3.24. The number of nitrogens with one attached hydrogen (secondary N) is 1. The number of amides is 1. The average molecular weight is 406 g/mol. The maximum absolute atomic E-state index is 12.3. The molecular weight excluding hydrogens is 382 g/mol.